The second-order valence-corrected chi connectivity index (χ2v) is 5.87. The molecule has 0 bridgehead atoms. The Morgan fingerprint density at radius 3 is 2.63 bits per heavy atom. The van der Waals surface area contributed by atoms with E-state index in [0.29, 0.717) is 11.8 Å². The van der Waals surface area contributed by atoms with Crippen LogP contribution in [0.5, 0.6) is 5.75 Å². The van der Waals surface area contributed by atoms with Crippen molar-refractivity contribution in [1.29, 1.82) is 0 Å². The summed E-state index contributed by atoms with van der Waals surface area (Å²) in [5, 5.41) is 9.35. The Balaban J connectivity index is 2.00. The van der Waals surface area contributed by atoms with Crippen molar-refractivity contribution >= 4 is 0 Å². The lowest BCUT2D eigenvalue weighted by Gasteiger charge is -2.35. The molecule has 1 N–H and O–H groups in total. The number of likely N-dealkylation sites (tertiary alicyclic amines) is 1. The highest BCUT2D eigenvalue weighted by Gasteiger charge is 2.23. The molecule has 2 unspecified atom stereocenters. The first-order valence-electron chi connectivity index (χ1n) is 7.74. The van der Waals surface area contributed by atoms with Crippen LogP contribution in [0.1, 0.15) is 51.5 Å². The predicted molar refractivity (Wildman–Crippen MR) is 80.5 cm³/mol. The molecule has 2 nitrogen and oxygen atoms in total. The second kappa shape index (κ2) is 6.95. The molecule has 0 aliphatic carbocycles. The maximum atomic E-state index is 9.35. The number of hydrogen-bond donors (Lipinski definition) is 1. The summed E-state index contributed by atoms with van der Waals surface area (Å²) in [6.45, 7) is 5.91. The van der Waals surface area contributed by atoms with Gasteiger partial charge in [-0.05, 0) is 56.8 Å². The van der Waals surface area contributed by atoms with Gasteiger partial charge in [0.25, 0.3) is 0 Å². The number of aromatic hydroxyl groups is 1. The minimum atomic E-state index is 0.359. The van der Waals surface area contributed by atoms with Crippen molar-refractivity contribution in [2.45, 2.75) is 64.5 Å². The first-order chi connectivity index (χ1) is 9.20. The van der Waals surface area contributed by atoms with Gasteiger partial charge in [0.05, 0.1) is 0 Å². The fraction of sp³-hybridized carbons (Fsp3) is 0.647. The molecule has 1 saturated heterocycles. The van der Waals surface area contributed by atoms with E-state index in [1.807, 2.05) is 12.1 Å². The molecule has 19 heavy (non-hydrogen) atoms. The van der Waals surface area contributed by atoms with Gasteiger partial charge in [-0.1, -0.05) is 31.9 Å². The summed E-state index contributed by atoms with van der Waals surface area (Å²) in [6, 6.07) is 9.03. The molecule has 1 aromatic carbocycles. The molecule has 0 saturated carbocycles. The van der Waals surface area contributed by atoms with Crippen LogP contribution in [0.4, 0.5) is 0 Å². The highest BCUT2D eigenvalue weighted by molar-refractivity contribution is 5.26. The van der Waals surface area contributed by atoms with Crippen LogP contribution < -0.4 is 0 Å². The summed E-state index contributed by atoms with van der Waals surface area (Å²) in [6.07, 6.45) is 7.82. The average molecular weight is 261 g/mol. The summed E-state index contributed by atoms with van der Waals surface area (Å²) in [4.78, 5) is 2.71. The van der Waals surface area contributed by atoms with Gasteiger partial charge in [0.15, 0.2) is 0 Å². The van der Waals surface area contributed by atoms with E-state index < -0.39 is 0 Å². The van der Waals surface area contributed by atoms with Gasteiger partial charge in [0.1, 0.15) is 5.75 Å². The fourth-order valence-corrected chi connectivity index (χ4v) is 3.31. The van der Waals surface area contributed by atoms with Crippen LogP contribution in [0.2, 0.25) is 0 Å². The lowest BCUT2D eigenvalue weighted by atomic mass is 10.0. The van der Waals surface area contributed by atoms with Crippen molar-refractivity contribution in [1.82, 2.24) is 4.90 Å². The smallest absolute Gasteiger partial charge is 0.115 e. The number of rotatable bonds is 4. The minimum Gasteiger partial charge on any atom is -0.508 e. The molecule has 1 heterocycles. The molecule has 0 aromatic heterocycles. The lowest BCUT2D eigenvalue weighted by molar-refractivity contribution is 0.141. The molecule has 106 valence electrons. The van der Waals surface area contributed by atoms with E-state index in [9.17, 15) is 5.11 Å². The van der Waals surface area contributed by atoms with Crippen molar-refractivity contribution < 1.29 is 5.11 Å². The Morgan fingerprint density at radius 1 is 1.21 bits per heavy atom. The van der Waals surface area contributed by atoms with E-state index in [0.717, 1.165) is 12.5 Å². The predicted octanol–water partition coefficient (Wildman–Crippen LogP) is 3.98. The standard InChI is InChI=1S/C17H27NO/c1-3-16-7-5-4-6-12-18(16)14(2)13-15-8-10-17(19)11-9-15/h8-11,14,16,19H,3-7,12-13H2,1-2H3. The Labute approximate surface area is 117 Å². The normalized spacial score (nSPS) is 22.9. The molecule has 1 aliphatic heterocycles. The first kappa shape index (κ1) is 14.4. The summed E-state index contributed by atoms with van der Waals surface area (Å²) in [5.74, 6) is 0.359. The number of hydrogen-bond acceptors (Lipinski definition) is 2. The maximum absolute atomic E-state index is 9.35. The van der Waals surface area contributed by atoms with Crippen molar-refractivity contribution in [3.8, 4) is 5.75 Å². The number of benzene rings is 1. The SMILES string of the molecule is CCC1CCCCCN1C(C)Cc1ccc(O)cc1. The zero-order valence-electron chi connectivity index (χ0n) is 12.3. The first-order valence-corrected chi connectivity index (χ1v) is 7.74. The van der Waals surface area contributed by atoms with Gasteiger partial charge in [0, 0.05) is 12.1 Å². The summed E-state index contributed by atoms with van der Waals surface area (Å²) >= 11 is 0. The molecule has 1 fully saturated rings. The molecule has 0 spiro atoms. The van der Waals surface area contributed by atoms with Crippen molar-refractivity contribution in [3.63, 3.8) is 0 Å². The molecule has 1 aliphatic rings. The topological polar surface area (TPSA) is 23.5 Å². The van der Waals surface area contributed by atoms with Gasteiger partial charge in [-0.25, -0.2) is 0 Å². The quantitative estimate of drug-likeness (QED) is 0.886. The van der Waals surface area contributed by atoms with Crippen molar-refractivity contribution in [2.75, 3.05) is 6.54 Å². The van der Waals surface area contributed by atoms with Crippen LogP contribution in [0.15, 0.2) is 24.3 Å². The zero-order valence-corrected chi connectivity index (χ0v) is 12.3. The third-order valence-corrected chi connectivity index (χ3v) is 4.43. The molecule has 1 aromatic rings. The zero-order chi connectivity index (χ0) is 13.7. The molecule has 0 radical (unpaired) electrons. The monoisotopic (exact) mass is 261 g/mol. The van der Waals surface area contributed by atoms with Gasteiger partial charge in [-0.3, -0.25) is 4.90 Å². The second-order valence-electron chi connectivity index (χ2n) is 5.87. The lowest BCUT2D eigenvalue weighted by Crippen LogP contribution is -2.42. The van der Waals surface area contributed by atoms with Crippen LogP contribution in [-0.2, 0) is 6.42 Å². The van der Waals surface area contributed by atoms with E-state index in [2.05, 4.69) is 18.7 Å². The highest BCUT2D eigenvalue weighted by Crippen LogP contribution is 2.23. The Hall–Kier alpha value is -1.02. The molecule has 2 atom stereocenters. The van der Waals surface area contributed by atoms with Gasteiger partial charge >= 0.3 is 0 Å². The van der Waals surface area contributed by atoms with E-state index in [1.54, 1.807) is 12.1 Å². The minimum absolute atomic E-state index is 0.359. The highest BCUT2D eigenvalue weighted by atomic mass is 16.3. The van der Waals surface area contributed by atoms with Gasteiger partial charge < -0.3 is 5.11 Å². The van der Waals surface area contributed by atoms with E-state index in [1.165, 1.54) is 44.2 Å². The van der Waals surface area contributed by atoms with E-state index in [-0.39, 0.29) is 0 Å². The number of nitrogens with zero attached hydrogens (tertiary/aromatic N) is 1. The molecule has 2 heteroatoms. The largest absolute Gasteiger partial charge is 0.508 e. The van der Waals surface area contributed by atoms with Gasteiger partial charge in [0.2, 0.25) is 0 Å². The van der Waals surface area contributed by atoms with Crippen LogP contribution in [-0.4, -0.2) is 28.6 Å². The Morgan fingerprint density at radius 2 is 1.95 bits per heavy atom. The van der Waals surface area contributed by atoms with Crippen molar-refractivity contribution in [2.24, 2.45) is 0 Å². The van der Waals surface area contributed by atoms with E-state index in [4.69, 9.17) is 0 Å². The van der Waals surface area contributed by atoms with Gasteiger partial charge in [-0.15, -0.1) is 0 Å². The summed E-state index contributed by atoms with van der Waals surface area (Å²) < 4.78 is 0. The van der Waals surface area contributed by atoms with Gasteiger partial charge in [-0.2, -0.15) is 0 Å². The number of phenolic OH excluding ortho intramolecular Hbond substituents is 1. The fourth-order valence-electron chi connectivity index (χ4n) is 3.31. The van der Waals surface area contributed by atoms with E-state index >= 15 is 0 Å². The Bertz CT molecular complexity index is 373. The third-order valence-electron chi connectivity index (χ3n) is 4.43. The maximum Gasteiger partial charge on any atom is 0.115 e. The Kier molecular flexibility index (Phi) is 5.26. The summed E-state index contributed by atoms with van der Waals surface area (Å²) in [5.41, 5.74) is 1.32. The van der Waals surface area contributed by atoms with Crippen molar-refractivity contribution in [3.05, 3.63) is 29.8 Å². The van der Waals surface area contributed by atoms with Crippen LogP contribution in [0, 0.1) is 0 Å². The summed E-state index contributed by atoms with van der Waals surface area (Å²) in [7, 11) is 0. The molecule has 2 rings (SSSR count). The molecular weight excluding hydrogens is 234 g/mol. The number of phenols is 1. The third kappa shape index (κ3) is 3.97. The average Bonchev–Trinajstić information content (AvgIpc) is 2.66. The van der Waals surface area contributed by atoms with Crippen LogP contribution in [0.3, 0.4) is 0 Å². The van der Waals surface area contributed by atoms with Crippen LogP contribution >= 0.6 is 0 Å². The van der Waals surface area contributed by atoms with Crippen LogP contribution in [0.25, 0.3) is 0 Å². The molecule has 0 amide bonds. The molecular formula is C17H27NO.